The van der Waals surface area contributed by atoms with Crippen molar-refractivity contribution in [1.29, 1.82) is 21.0 Å². The standard InChI is InChI=1S/C14H18N4P2/c15-5-1-9-19(10-2-6-16)13-14-20(11-3-7-17)12-4-8-18/h13-14H,1-4,9-12H2/b14-13+. The van der Waals surface area contributed by atoms with Crippen LogP contribution in [0.4, 0.5) is 0 Å². The Hall–Kier alpha value is -1.44. The molecule has 0 fully saturated rings. The monoisotopic (exact) mass is 304 g/mol. The Labute approximate surface area is 123 Å². The molecule has 0 aliphatic rings. The van der Waals surface area contributed by atoms with Crippen LogP contribution in [0.5, 0.6) is 0 Å². The Bertz CT molecular complexity index is 370. The van der Waals surface area contributed by atoms with Crippen LogP contribution in [0.25, 0.3) is 0 Å². The van der Waals surface area contributed by atoms with Crippen molar-refractivity contribution in [3.63, 3.8) is 0 Å². The molecule has 0 saturated carbocycles. The molecule has 0 amide bonds. The highest BCUT2D eigenvalue weighted by atomic mass is 31.1. The van der Waals surface area contributed by atoms with E-state index in [1.807, 2.05) is 0 Å². The summed E-state index contributed by atoms with van der Waals surface area (Å²) in [6.45, 7) is 0. The molecule has 6 heteroatoms. The van der Waals surface area contributed by atoms with Gasteiger partial charge in [0.1, 0.15) is 0 Å². The summed E-state index contributed by atoms with van der Waals surface area (Å²) in [5, 5.41) is 34.6. The van der Waals surface area contributed by atoms with Gasteiger partial charge >= 0.3 is 0 Å². The average Bonchev–Trinajstić information content (AvgIpc) is 2.48. The Kier molecular flexibility index (Phi) is 13.0. The summed E-state index contributed by atoms with van der Waals surface area (Å²) < 4.78 is 0. The van der Waals surface area contributed by atoms with Crippen molar-refractivity contribution in [3.8, 4) is 24.3 Å². The number of hydrogen-bond acceptors (Lipinski definition) is 4. The fraction of sp³-hybridized carbons (Fsp3) is 0.571. The van der Waals surface area contributed by atoms with E-state index in [-0.39, 0.29) is 0 Å². The zero-order valence-corrected chi connectivity index (χ0v) is 13.3. The largest absolute Gasteiger partial charge is 0.198 e. The smallest absolute Gasteiger partial charge is 0.0625 e. The maximum absolute atomic E-state index is 8.65. The molecule has 0 spiro atoms. The van der Waals surface area contributed by atoms with Crippen molar-refractivity contribution < 1.29 is 0 Å². The fourth-order valence-electron chi connectivity index (χ4n) is 1.48. The van der Waals surface area contributed by atoms with Crippen LogP contribution in [0.2, 0.25) is 0 Å². The van der Waals surface area contributed by atoms with E-state index in [2.05, 4.69) is 35.9 Å². The number of nitriles is 4. The number of rotatable bonds is 10. The molecule has 20 heavy (non-hydrogen) atoms. The van der Waals surface area contributed by atoms with Gasteiger partial charge in [0.05, 0.1) is 24.3 Å². The molecule has 0 heterocycles. The molecule has 0 radical (unpaired) electrons. The van der Waals surface area contributed by atoms with Gasteiger partial charge in [-0.1, -0.05) is 27.5 Å². The summed E-state index contributed by atoms with van der Waals surface area (Å²) in [6, 6.07) is 8.60. The third kappa shape index (κ3) is 10.5. The Morgan fingerprint density at radius 3 is 1.00 bits per heavy atom. The minimum atomic E-state index is -0.410. The zero-order chi connectivity index (χ0) is 15.1. The molecular formula is C14H18N4P2. The molecular weight excluding hydrogens is 286 g/mol. The average molecular weight is 304 g/mol. The van der Waals surface area contributed by atoms with Gasteiger partial charge < -0.3 is 0 Å². The summed E-state index contributed by atoms with van der Waals surface area (Å²) in [5.41, 5.74) is 0. The summed E-state index contributed by atoms with van der Waals surface area (Å²) in [7, 11) is -0.820. The van der Waals surface area contributed by atoms with E-state index < -0.39 is 15.8 Å². The summed E-state index contributed by atoms with van der Waals surface area (Å²) >= 11 is 0. The molecule has 0 aromatic heterocycles. The van der Waals surface area contributed by atoms with Crippen LogP contribution >= 0.6 is 15.8 Å². The molecule has 0 N–H and O–H groups in total. The van der Waals surface area contributed by atoms with Gasteiger partial charge in [0, 0.05) is 25.7 Å². The summed E-state index contributed by atoms with van der Waals surface area (Å²) in [4.78, 5) is 0. The minimum absolute atomic E-state index is 0.410. The normalized spacial score (nSPS) is 10.1. The van der Waals surface area contributed by atoms with Crippen LogP contribution in [0.1, 0.15) is 25.7 Å². The second kappa shape index (κ2) is 14.0. The molecule has 0 aromatic rings. The van der Waals surface area contributed by atoms with E-state index in [0.29, 0.717) is 25.7 Å². The van der Waals surface area contributed by atoms with Crippen LogP contribution in [0, 0.1) is 45.3 Å². The molecule has 0 unspecified atom stereocenters. The summed E-state index contributed by atoms with van der Waals surface area (Å²) in [5.74, 6) is 4.31. The fourth-order valence-corrected chi connectivity index (χ4v) is 5.59. The van der Waals surface area contributed by atoms with Gasteiger partial charge in [-0.3, -0.25) is 0 Å². The van der Waals surface area contributed by atoms with Gasteiger partial charge in [-0.15, -0.1) is 0 Å². The third-order valence-corrected chi connectivity index (χ3v) is 7.10. The predicted octanol–water partition coefficient (Wildman–Crippen LogP) is 4.08. The van der Waals surface area contributed by atoms with Crippen molar-refractivity contribution >= 4 is 15.8 Å². The number of hydrogen-bond donors (Lipinski definition) is 0. The van der Waals surface area contributed by atoms with Crippen LogP contribution in [-0.2, 0) is 0 Å². The molecule has 0 aliphatic heterocycles. The first-order valence-electron chi connectivity index (χ1n) is 6.42. The van der Waals surface area contributed by atoms with Crippen LogP contribution < -0.4 is 0 Å². The lowest BCUT2D eigenvalue weighted by molar-refractivity contribution is 1.18. The molecule has 4 nitrogen and oxygen atoms in total. The highest BCUT2D eigenvalue weighted by Gasteiger charge is 2.07. The Morgan fingerprint density at radius 1 is 0.550 bits per heavy atom. The van der Waals surface area contributed by atoms with Gasteiger partial charge in [0.2, 0.25) is 0 Å². The van der Waals surface area contributed by atoms with E-state index in [4.69, 9.17) is 21.0 Å². The van der Waals surface area contributed by atoms with E-state index in [1.165, 1.54) is 0 Å². The minimum Gasteiger partial charge on any atom is -0.198 e. The number of nitrogens with zero attached hydrogens (tertiary/aromatic N) is 4. The lowest BCUT2D eigenvalue weighted by Crippen LogP contribution is -1.89. The topological polar surface area (TPSA) is 95.2 Å². The molecule has 104 valence electrons. The predicted molar refractivity (Wildman–Crippen MR) is 83.4 cm³/mol. The van der Waals surface area contributed by atoms with Crippen molar-refractivity contribution in [2.24, 2.45) is 0 Å². The lowest BCUT2D eigenvalue weighted by atomic mass is 10.5. The SMILES string of the molecule is N#CCCP(/C=C/P(CCC#N)CCC#N)CCC#N. The maximum atomic E-state index is 8.65. The zero-order valence-electron chi connectivity index (χ0n) is 11.5. The Morgan fingerprint density at radius 2 is 0.800 bits per heavy atom. The van der Waals surface area contributed by atoms with Crippen LogP contribution in [-0.4, -0.2) is 24.6 Å². The van der Waals surface area contributed by atoms with Crippen molar-refractivity contribution in [3.05, 3.63) is 11.6 Å². The van der Waals surface area contributed by atoms with Gasteiger partial charge in [-0.2, -0.15) is 21.0 Å². The van der Waals surface area contributed by atoms with E-state index in [9.17, 15) is 0 Å². The van der Waals surface area contributed by atoms with Crippen molar-refractivity contribution in [2.45, 2.75) is 25.7 Å². The Balaban J connectivity index is 4.49. The first-order chi connectivity index (χ1) is 9.78. The highest BCUT2D eigenvalue weighted by Crippen LogP contribution is 2.45. The van der Waals surface area contributed by atoms with Crippen LogP contribution in [0.3, 0.4) is 0 Å². The van der Waals surface area contributed by atoms with Crippen molar-refractivity contribution in [1.82, 2.24) is 0 Å². The second-order valence-electron chi connectivity index (χ2n) is 4.00. The van der Waals surface area contributed by atoms with Crippen LogP contribution in [0.15, 0.2) is 11.6 Å². The quantitative estimate of drug-likeness (QED) is 0.568. The molecule has 0 aromatic carbocycles. The van der Waals surface area contributed by atoms with Gasteiger partial charge in [-0.05, 0) is 24.6 Å². The molecule has 0 rings (SSSR count). The van der Waals surface area contributed by atoms with Gasteiger partial charge in [0.25, 0.3) is 0 Å². The first-order valence-corrected chi connectivity index (χ1v) is 9.99. The lowest BCUT2D eigenvalue weighted by Gasteiger charge is -2.13. The molecule has 0 aliphatic carbocycles. The third-order valence-electron chi connectivity index (χ3n) is 2.53. The summed E-state index contributed by atoms with van der Waals surface area (Å²) in [6.07, 6.45) is 5.44. The molecule has 0 saturated heterocycles. The van der Waals surface area contributed by atoms with Gasteiger partial charge in [0.15, 0.2) is 0 Å². The first kappa shape index (κ1) is 18.6. The van der Waals surface area contributed by atoms with E-state index in [1.54, 1.807) is 0 Å². The highest BCUT2D eigenvalue weighted by molar-refractivity contribution is 7.64. The molecule has 0 atom stereocenters. The second-order valence-corrected chi connectivity index (χ2v) is 8.74. The van der Waals surface area contributed by atoms with Gasteiger partial charge in [-0.25, -0.2) is 0 Å². The van der Waals surface area contributed by atoms with Crippen molar-refractivity contribution in [2.75, 3.05) is 24.6 Å². The molecule has 0 bridgehead atoms. The van der Waals surface area contributed by atoms with E-state index in [0.717, 1.165) is 24.6 Å². The van der Waals surface area contributed by atoms with E-state index >= 15 is 0 Å². The maximum Gasteiger partial charge on any atom is 0.0625 e.